The van der Waals surface area contributed by atoms with E-state index in [1.165, 1.54) is 18.4 Å². The van der Waals surface area contributed by atoms with Gasteiger partial charge in [0, 0.05) is 4.88 Å². The number of thiophene rings is 1. The van der Waals surface area contributed by atoms with Crippen LogP contribution in [0.4, 0.5) is 4.79 Å². The molecule has 0 fully saturated rings. The number of rotatable bonds is 2. The molecule has 0 spiro atoms. The van der Waals surface area contributed by atoms with E-state index in [-0.39, 0.29) is 12.1 Å². The molecule has 2 unspecified atom stereocenters. The zero-order valence-corrected chi connectivity index (χ0v) is 9.71. The third-order valence-corrected chi connectivity index (χ3v) is 3.67. The Morgan fingerprint density at radius 1 is 1.62 bits per heavy atom. The first-order chi connectivity index (χ1) is 7.72. The minimum absolute atomic E-state index is 0.0419. The smallest absolute Gasteiger partial charge is 0.339 e. The van der Waals surface area contributed by atoms with Crippen LogP contribution >= 0.6 is 11.3 Å². The molecule has 3 N–H and O–H groups in total. The van der Waals surface area contributed by atoms with Crippen molar-refractivity contribution < 1.29 is 14.7 Å². The standard InChI is InChI=1S/C10H14N2O3S/c1-15-12-10(14)11-7-2-3-8(13)9-6(7)4-5-16-9/h4-5,7-8,13H,2-3H2,1H3,(H2,11,12,14). The number of amides is 2. The molecule has 6 heteroatoms. The highest BCUT2D eigenvalue weighted by Gasteiger charge is 2.27. The Morgan fingerprint density at radius 3 is 3.19 bits per heavy atom. The highest BCUT2D eigenvalue weighted by Crippen LogP contribution is 2.39. The fraction of sp³-hybridized carbons (Fsp3) is 0.500. The average Bonchev–Trinajstić information content (AvgIpc) is 2.72. The summed E-state index contributed by atoms with van der Waals surface area (Å²) >= 11 is 1.52. The summed E-state index contributed by atoms with van der Waals surface area (Å²) in [6, 6.07) is 1.54. The Balaban J connectivity index is 2.08. The highest BCUT2D eigenvalue weighted by molar-refractivity contribution is 7.10. The van der Waals surface area contributed by atoms with Gasteiger partial charge in [-0.25, -0.2) is 10.3 Å². The lowest BCUT2D eigenvalue weighted by Crippen LogP contribution is -2.38. The molecule has 2 atom stereocenters. The number of urea groups is 1. The molecule has 2 amide bonds. The van der Waals surface area contributed by atoms with Gasteiger partial charge in [0.25, 0.3) is 0 Å². The third kappa shape index (κ3) is 2.18. The van der Waals surface area contributed by atoms with Gasteiger partial charge in [0.2, 0.25) is 0 Å². The Morgan fingerprint density at radius 2 is 2.44 bits per heavy atom. The van der Waals surface area contributed by atoms with Crippen molar-refractivity contribution in [1.29, 1.82) is 0 Å². The first-order valence-corrected chi connectivity index (χ1v) is 5.95. The lowest BCUT2D eigenvalue weighted by atomic mass is 9.92. The number of aliphatic hydroxyl groups is 1. The van der Waals surface area contributed by atoms with Crippen LogP contribution in [0.3, 0.4) is 0 Å². The van der Waals surface area contributed by atoms with Crippen LogP contribution in [0.2, 0.25) is 0 Å². The summed E-state index contributed by atoms with van der Waals surface area (Å²) in [4.78, 5) is 16.8. The van der Waals surface area contributed by atoms with Crippen molar-refractivity contribution in [2.45, 2.75) is 25.0 Å². The second-order valence-electron chi connectivity index (χ2n) is 3.67. The van der Waals surface area contributed by atoms with Crippen LogP contribution in [0.5, 0.6) is 0 Å². The van der Waals surface area contributed by atoms with Crippen molar-refractivity contribution in [3.8, 4) is 0 Å². The van der Waals surface area contributed by atoms with Crippen LogP contribution in [0, 0.1) is 0 Å². The van der Waals surface area contributed by atoms with E-state index in [4.69, 9.17) is 0 Å². The lowest BCUT2D eigenvalue weighted by molar-refractivity contribution is 0.103. The van der Waals surface area contributed by atoms with Crippen molar-refractivity contribution in [3.05, 3.63) is 21.9 Å². The number of carbonyl (C=O) groups excluding carboxylic acids is 1. The van der Waals surface area contributed by atoms with Crippen LogP contribution in [-0.2, 0) is 4.84 Å². The van der Waals surface area contributed by atoms with Gasteiger partial charge in [-0.1, -0.05) is 0 Å². The van der Waals surface area contributed by atoms with Crippen LogP contribution in [-0.4, -0.2) is 18.2 Å². The highest BCUT2D eigenvalue weighted by atomic mass is 32.1. The number of hydrogen-bond acceptors (Lipinski definition) is 4. The van der Waals surface area contributed by atoms with Gasteiger partial charge in [0.1, 0.15) is 0 Å². The monoisotopic (exact) mass is 242 g/mol. The largest absolute Gasteiger partial charge is 0.388 e. The van der Waals surface area contributed by atoms with Gasteiger partial charge < -0.3 is 10.4 Å². The van der Waals surface area contributed by atoms with Gasteiger partial charge >= 0.3 is 6.03 Å². The summed E-state index contributed by atoms with van der Waals surface area (Å²) in [5.41, 5.74) is 3.23. The van der Waals surface area contributed by atoms with E-state index in [0.717, 1.165) is 16.9 Å². The van der Waals surface area contributed by atoms with E-state index in [0.29, 0.717) is 6.42 Å². The molecule has 0 bridgehead atoms. The van der Waals surface area contributed by atoms with Gasteiger partial charge in [-0.05, 0) is 29.9 Å². The van der Waals surface area contributed by atoms with Crippen molar-refractivity contribution in [2.75, 3.05) is 7.11 Å². The van der Waals surface area contributed by atoms with Crippen molar-refractivity contribution in [2.24, 2.45) is 0 Å². The first kappa shape index (κ1) is 11.4. The molecule has 88 valence electrons. The molecule has 16 heavy (non-hydrogen) atoms. The minimum Gasteiger partial charge on any atom is -0.388 e. The predicted molar refractivity (Wildman–Crippen MR) is 59.9 cm³/mol. The SMILES string of the molecule is CONC(=O)NC1CCC(O)c2sccc21. The normalized spacial score (nSPS) is 23.6. The van der Waals surface area contributed by atoms with Crippen LogP contribution in [0.25, 0.3) is 0 Å². The van der Waals surface area contributed by atoms with Crippen molar-refractivity contribution in [1.82, 2.24) is 10.8 Å². The molecule has 1 aromatic heterocycles. The molecule has 1 aliphatic rings. The summed E-state index contributed by atoms with van der Waals surface area (Å²) in [5.74, 6) is 0. The number of hydrogen-bond donors (Lipinski definition) is 3. The van der Waals surface area contributed by atoms with Gasteiger partial charge in [0.05, 0.1) is 19.3 Å². The maximum absolute atomic E-state index is 11.3. The zero-order chi connectivity index (χ0) is 11.5. The molecular weight excluding hydrogens is 228 g/mol. The van der Waals surface area contributed by atoms with E-state index in [9.17, 15) is 9.90 Å². The van der Waals surface area contributed by atoms with Gasteiger partial charge in [-0.15, -0.1) is 11.3 Å². The molecular formula is C10H14N2O3S. The number of aliphatic hydroxyl groups excluding tert-OH is 1. The van der Waals surface area contributed by atoms with E-state index in [2.05, 4.69) is 15.6 Å². The molecule has 2 rings (SSSR count). The third-order valence-electron chi connectivity index (χ3n) is 2.63. The molecule has 0 saturated carbocycles. The van der Waals surface area contributed by atoms with Crippen molar-refractivity contribution >= 4 is 17.4 Å². The molecule has 1 heterocycles. The second-order valence-corrected chi connectivity index (χ2v) is 4.61. The summed E-state index contributed by atoms with van der Waals surface area (Å²) in [7, 11) is 1.39. The van der Waals surface area contributed by atoms with Crippen LogP contribution in [0.1, 0.15) is 35.4 Å². The maximum Gasteiger partial charge on any atom is 0.339 e. The zero-order valence-electron chi connectivity index (χ0n) is 8.90. The Kier molecular flexibility index (Phi) is 3.42. The van der Waals surface area contributed by atoms with Gasteiger partial charge in [-0.2, -0.15) is 0 Å². The van der Waals surface area contributed by atoms with Gasteiger partial charge in [-0.3, -0.25) is 4.84 Å². The molecule has 5 nitrogen and oxygen atoms in total. The maximum atomic E-state index is 11.3. The van der Waals surface area contributed by atoms with Crippen LogP contribution in [0.15, 0.2) is 11.4 Å². The Hall–Kier alpha value is -1.11. The minimum atomic E-state index is -0.390. The molecule has 0 aromatic carbocycles. The molecule has 0 saturated heterocycles. The second kappa shape index (κ2) is 4.82. The van der Waals surface area contributed by atoms with Gasteiger partial charge in [0.15, 0.2) is 0 Å². The Bertz CT molecular complexity index is 380. The summed E-state index contributed by atoms with van der Waals surface area (Å²) in [5, 5.41) is 14.5. The van der Waals surface area contributed by atoms with Crippen LogP contribution < -0.4 is 10.8 Å². The predicted octanol–water partition coefficient (Wildman–Crippen LogP) is 1.48. The van der Waals surface area contributed by atoms with E-state index in [1.54, 1.807) is 0 Å². The quantitative estimate of drug-likeness (QED) is 0.688. The lowest BCUT2D eigenvalue weighted by Gasteiger charge is -2.26. The molecule has 1 aromatic rings. The molecule has 0 aliphatic heterocycles. The van der Waals surface area contributed by atoms with E-state index in [1.807, 2.05) is 11.4 Å². The molecule has 0 radical (unpaired) electrons. The van der Waals surface area contributed by atoms with E-state index < -0.39 is 6.10 Å². The number of nitrogens with one attached hydrogen (secondary N) is 2. The average molecular weight is 242 g/mol. The Labute approximate surface area is 97.4 Å². The summed E-state index contributed by atoms with van der Waals surface area (Å²) in [6.45, 7) is 0. The fourth-order valence-electron chi connectivity index (χ4n) is 1.93. The molecule has 1 aliphatic carbocycles. The number of carbonyl (C=O) groups is 1. The number of hydroxylamine groups is 1. The fourth-order valence-corrected chi connectivity index (χ4v) is 2.91. The number of fused-ring (bicyclic) bond motifs is 1. The summed E-state index contributed by atoms with van der Waals surface area (Å²) < 4.78 is 0. The van der Waals surface area contributed by atoms with Crippen molar-refractivity contribution in [3.63, 3.8) is 0 Å². The van der Waals surface area contributed by atoms with E-state index >= 15 is 0 Å². The first-order valence-electron chi connectivity index (χ1n) is 5.07. The summed E-state index contributed by atoms with van der Waals surface area (Å²) in [6.07, 6.45) is 1.02. The topological polar surface area (TPSA) is 70.6 Å².